The number of carbonyl (C=O) groups is 2. The minimum absolute atomic E-state index is 0.00136. The van der Waals surface area contributed by atoms with Gasteiger partial charge in [-0.2, -0.15) is 0 Å². The van der Waals surface area contributed by atoms with Gasteiger partial charge in [0, 0.05) is 17.3 Å². The van der Waals surface area contributed by atoms with E-state index in [1.165, 1.54) is 0 Å². The van der Waals surface area contributed by atoms with Crippen molar-refractivity contribution in [2.45, 2.75) is 40.5 Å². The SMILES string of the molecule is CCCCNC(=O)c1nc(C)c(C)nc1C(=O)Nc1cc(Cl)ccc1C. The number of rotatable bonds is 6. The fourth-order valence-corrected chi connectivity index (χ4v) is 2.46. The van der Waals surface area contributed by atoms with Crippen molar-refractivity contribution < 1.29 is 9.59 Å². The van der Waals surface area contributed by atoms with E-state index in [4.69, 9.17) is 11.6 Å². The van der Waals surface area contributed by atoms with Gasteiger partial charge >= 0.3 is 0 Å². The summed E-state index contributed by atoms with van der Waals surface area (Å²) in [5.41, 5.74) is 2.67. The first-order valence-electron chi connectivity index (χ1n) is 8.54. The van der Waals surface area contributed by atoms with Crippen molar-refractivity contribution in [3.8, 4) is 0 Å². The molecule has 1 aromatic heterocycles. The molecule has 6 nitrogen and oxygen atoms in total. The number of hydrogen-bond donors (Lipinski definition) is 2. The molecule has 0 radical (unpaired) electrons. The number of benzene rings is 1. The highest BCUT2D eigenvalue weighted by atomic mass is 35.5. The van der Waals surface area contributed by atoms with Crippen molar-refractivity contribution in [3.63, 3.8) is 0 Å². The Morgan fingerprint density at radius 3 is 2.27 bits per heavy atom. The second-order valence-electron chi connectivity index (χ2n) is 6.11. The van der Waals surface area contributed by atoms with Crippen LogP contribution in [0.5, 0.6) is 0 Å². The first-order valence-corrected chi connectivity index (χ1v) is 8.92. The third-order valence-electron chi connectivity index (χ3n) is 4.00. The summed E-state index contributed by atoms with van der Waals surface area (Å²) in [6.45, 7) is 7.93. The van der Waals surface area contributed by atoms with Crippen LogP contribution in [0, 0.1) is 20.8 Å². The summed E-state index contributed by atoms with van der Waals surface area (Å²) in [7, 11) is 0. The van der Waals surface area contributed by atoms with Gasteiger partial charge in [0.05, 0.1) is 11.4 Å². The maximum atomic E-state index is 12.8. The van der Waals surface area contributed by atoms with Gasteiger partial charge < -0.3 is 10.6 Å². The Labute approximate surface area is 158 Å². The summed E-state index contributed by atoms with van der Waals surface area (Å²) in [6, 6.07) is 5.21. The number of aromatic nitrogens is 2. The zero-order valence-electron chi connectivity index (χ0n) is 15.4. The lowest BCUT2D eigenvalue weighted by atomic mass is 10.2. The second-order valence-corrected chi connectivity index (χ2v) is 6.55. The van der Waals surface area contributed by atoms with Crippen molar-refractivity contribution in [2.75, 3.05) is 11.9 Å². The zero-order chi connectivity index (χ0) is 19.3. The molecule has 2 rings (SSSR count). The quantitative estimate of drug-likeness (QED) is 0.752. The molecule has 2 N–H and O–H groups in total. The van der Waals surface area contributed by atoms with Gasteiger partial charge in [-0.05, 0) is 44.9 Å². The van der Waals surface area contributed by atoms with Crippen LogP contribution in [0.15, 0.2) is 18.2 Å². The van der Waals surface area contributed by atoms with E-state index in [0.717, 1.165) is 18.4 Å². The normalized spacial score (nSPS) is 10.5. The van der Waals surface area contributed by atoms with E-state index < -0.39 is 11.8 Å². The highest BCUT2D eigenvalue weighted by Crippen LogP contribution is 2.21. The van der Waals surface area contributed by atoms with Crippen molar-refractivity contribution in [1.82, 2.24) is 15.3 Å². The molecule has 0 aliphatic rings. The summed E-state index contributed by atoms with van der Waals surface area (Å²) in [5, 5.41) is 6.06. The van der Waals surface area contributed by atoms with E-state index in [-0.39, 0.29) is 11.4 Å². The Balaban J connectivity index is 2.34. The van der Waals surface area contributed by atoms with Crippen molar-refractivity contribution in [2.24, 2.45) is 0 Å². The van der Waals surface area contributed by atoms with Gasteiger partial charge in [0.2, 0.25) is 0 Å². The standard InChI is InChI=1S/C19H23ClN4O2/c1-5-6-9-21-18(25)16-17(23-13(4)12(3)22-16)19(26)24-15-10-14(20)8-7-11(15)2/h7-8,10H,5-6,9H2,1-4H3,(H,21,25)(H,24,26). The summed E-state index contributed by atoms with van der Waals surface area (Å²) in [5.74, 6) is -0.895. The van der Waals surface area contributed by atoms with Crippen LogP contribution in [0.4, 0.5) is 5.69 Å². The van der Waals surface area contributed by atoms with Crippen LogP contribution in [0.3, 0.4) is 0 Å². The molecule has 0 bridgehead atoms. The molecule has 0 aliphatic heterocycles. The van der Waals surface area contributed by atoms with Gasteiger partial charge in [-0.1, -0.05) is 31.0 Å². The molecule has 2 aromatic rings. The average Bonchev–Trinajstić information content (AvgIpc) is 2.60. The van der Waals surface area contributed by atoms with E-state index in [2.05, 4.69) is 20.6 Å². The summed E-state index contributed by atoms with van der Waals surface area (Å²) in [6.07, 6.45) is 1.81. The topological polar surface area (TPSA) is 84.0 Å². The molecule has 138 valence electrons. The molecule has 0 aliphatic carbocycles. The zero-order valence-corrected chi connectivity index (χ0v) is 16.2. The molecular weight excluding hydrogens is 352 g/mol. The third kappa shape index (κ3) is 4.79. The third-order valence-corrected chi connectivity index (χ3v) is 4.24. The van der Waals surface area contributed by atoms with E-state index in [0.29, 0.717) is 28.6 Å². The molecule has 0 saturated carbocycles. The number of aryl methyl sites for hydroxylation is 3. The number of anilines is 1. The van der Waals surface area contributed by atoms with Gasteiger partial charge in [-0.3, -0.25) is 9.59 Å². The van der Waals surface area contributed by atoms with E-state index >= 15 is 0 Å². The lowest BCUT2D eigenvalue weighted by Crippen LogP contribution is -2.30. The first-order chi connectivity index (χ1) is 12.3. The molecule has 1 heterocycles. The molecule has 0 atom stereocenters. The Kier molecular flexibility index (Phi) is 6.69. The molecular formula is C19H23ClN4O2. The minimum atomic E-state index is -0.494. The molecule has 26 heavy (non-hydrogen) atoms. The van der Waals surface area contributed by atoms with Crippen LogP contribution >= 0.6 is 11.6 Å². The maximum absolute atomic E-state index is 12.8. The van der Waals surface area contributed by atoms with Gasteiger partial charge in [0.1, 0.15) is 0 Å². The minimum Gasteiger partial charge on any atom is -0.351 e. The van der Waals surface area contributed by atoms with Crippen LogP contribution in [-0.2, 0) is 0 Å². The van der Waals surface area contributed by atoms with Crippen molar-refractivity contribution in [3.05, 3.63) is 51.6 Å². The van der Waals surface area contributed by atoms with Crippen LogP contribution in [0.2, 0.25) is 5.02 Å². The molecule has 0 fully saturated rings. The fraction of sp³-hybridized carbons (Fsp3) is 0.368. The van der Waals surface area contributed by atoms with Gasteiger partial charge in [-0.25, -0.2) is 9.97 Å². The predicted octanol–water partition coefficient (Wildman–Crippen LogP) is 3.84. The van der Waals surface area contributed by atoms with Gasteiger partial charge in [0.25, 0.3) is 11.8 Å². The smallest absolute Gasteiger partial charge is 0.276 e. The van der Waals surface area contributed by atoms with Crippen LogP contribution in [0.1, 0.15) is 57.7 Å². The van der Waals surface area contributed by atoms with Crippen LogP contribution < -0.4 is 10.6 Å². The number of carbonyl (C=O) groups excluding carboxylic acids is 2. The molecule has 2 amide bonds. The predicted molar refractivity (Wildman–Crippen MR) is 103 cm³/mol. The highest BCUT2D eigenvalue weighted by Gasteiger charge is 2.22. The number of nitrogens with one attached hydrogen (secondary N) is 2. The van der Waals surface area contributed by atoms with Crippen LogP contribution in [0.25, 0.3) is 0 Å². The Morgan fingerprint density at radius 1 is 1.04 bits per heavy atom. The average molecular weight is 375 g/mol. The van der Waals surface area contributed by atoms with E-state index in [1.807, 2.05) is 19.9 Å². The number of halogens is 1. The lowest BCUT2D eigenvalue weighted by molar-refractivity contribution is 0.0932. The monoisotopic (exact) mass is 374 g/mol. The molecule has 7 heteroatoms. The summed E-state index contributed by atoms with van der Waals surface area (Å²) >= 11 is 6.00. The van der Waals surface area contributed by atoms with Crippen molar-refractivity contribution in [1.29, 1.82) is 0 Å². The summed E-state index contributed by atoms with van der Waals surface area (Å²) in [4.78, 5) is 33.8. The number of hydrogen-bond acceptors (Lipinski definition) is 4. The molecule has 1 aromatic carbocycles. The number of amides is 2. The Bertz CT molecular complexity index is 837. The molecule has 0 spiro atoms. The van der Waals surface area contributed by atoms with Crippen LogP contribution in [-0.4, -0.2) is 28.3 Å². The van der Waals surface area contributed by atoms with E-state index in [1.54, 1.807) is 26.0 Å². The molecule has 0 unspecified atom stereocenters. The highest BCUT2D eigenvalue weighted by molar-refractivity contribution is 6.31. The van der Waals surface area contributed by atoms with E-state index in [9.17, 15) is 9.59 Å². The first kappa shape index (κ1) is 19.8. The Hall–Kier alpha value is -2.47. The van der Waals surface area contributed by atoms with Gasteiger partial charge in [0.15, 0.2) is 11.4 Å². The number of nitrogens with zero attached hydrogens (tertiary/aromatic N) is 2. The Morgan fingerprint density at radius 2 is 1.65 bits per heavy atom. The lowest BCUT2D eigenvalue weighted by Gasteiger charge is -2.13. The molecule has 0 saturated heterocycles. The second kappa shape index (κ2) is 8.76. The maximum Gasteiger partial charge on any atom is 0.276 e. The summed E-state index contributed by atoms with van der Waals surface area (Å²) < 4.78 is 0. The largest absolute Gasteiger partial charge is 0.351 e. The number of unbranched alkanes of at least 4 members (excludes halogenated alkanes) is 1. The van der Waals surface area contributed by atoms with Gasteiger partial charge in [-0.15, -0.1) is 0 Å². The van der Waals surface area contributed by atoms with Crippen molar-refractivity contribution >= 4 is 29.1 Å². The fourth-order valence-electron chi connectivity index (χ4n) is 2.29.